The van der Waals surface area contributed by atoms with Crippen molar-refractivity contribution in [3.63, 3.8) is 0 Å². The maximum atomic E-state index is 13.3. The molecule has 1 saturated heterocycles. The maximum absolute atomic E-state index is 13.3. The molecule has 11 heteroatoms. The van der Waals surface area contributed by atoms with Crippen LogP contribution in [-0.2, 0) is 21.9 Å². The molecule has 1 atom stereocenters. The van der Waals surface area contributed by atoms with Crippen LogP contribution in [0.25, 0.3) is 11.1 Å². The number of benzene rings is 1. The minimum absolute atomic E-state index is 0.0204. The number of piperazine rings is 1. The van der Waals surface area contributed by atoms with Crippen LogP contribution >= 0.6 is 0 Å². The molecular weight excluding hydrogens is 458 g/mol. The number of para-hydroxylation sites is 1. The zero-order valence-corrected chi connectivity index (χ0v) is 20.8. The molecular formula is C23H33N5O5S. The number of nitrogens with two attached hydrogens (primary N) is 1. The summed E-state index contributed by atoms with van der Waals surface area (Å²) in [4.78, 5) is 29.4. The number of sulfonamides is 1. The summed E-state index contributed by atoms with van der Waals surface area (Å²) < 4.78 is 36.0. The predicted octanol–water partition coefficient (Wildman–Crippen LogP) is 0.219. The molecule has 3 N–H and O–H groups in total. The summed E-state index contributed by atoms with van der Waals surface area (Å²) in [6.45, 7) is 6.45. The normalized spacial score (nSPS) is 16.0. The van der Waals surface area contributed by atoms with E-state index in [0.717, 1.165) is 13.1 Å². The summed E-state index contributed by atoms with van der Waals surface area (Å²) in [6, 6.07) is 7.08. The largest absolute Gasteiger partial charge is 0.495 e. The van der Waals surface area contributed by atoms with E-state index in [9.17, 15) is 18.0 Å². The Bertz CT molecular complexity index is 1190. The summed E-state index contributed by atoms with van der Waals surface area (Å²) in [5.41, 5.74) is 6.16. The molecule has 34 heavy (non-hydrogen) atoms. The Morgan fingerprint density at radius 2 is 1.76 bits per heavy atom. The minimum atomic E-state index is -4.20. The standard InChI is InChI=1S/C23H33N5O5S/c1-16(2)27-11-13-28(14-12-27)23(30)19(15-24)25-34(31,32)20-9-5-7-17(21(20)33-4)18-8-6-10-26(3)22(18)29/h5-10,16,19,25H,11-15,24H2,1-4H3/t19-/m0/s1. The molecule has 1 aliphatic heterocycles. The molecule has 0 spiro atoms. The highest BCUT2D eigenvalue weighted by Gasteiger charge is 2.32. The van der Waals surface area contributed by atoms with E-state index >= 15 is 0 Å². The SMILES string of the molecule is COc1c(-c2cccn(C)c2=O)cccc1S(=O)(=O)N[C@@H](CN)C(=O)N1CCN(C(C)C)CC1. The van der Waals surface area contributed by atoms with Gasteiger partial charge in [0.25, 0.3) is 5.56 Å². The molecule has 1 aromatic carbocycles. The molecule has 2 aromatic rings. The monoisotopic (exact) mass is 491 g/mol. The van der Waals surface area contributed by atoms with Crippen molar-refractivity contribution in [3.05, 3.63) is 46.9 Å². The number of nitrogens with zero attached hydrogens (tertiary/aromatic N) is 3. The lowest BCUT2D eigenvalue weighted by Crippen LogP contribution is -2.57. The van der Waals surface area contributed by atoms with Gasteiger partial charge < -0.3 is 19.9 Å². The average molecular weight is 492 g/mol. The lowest BCUT2D eigenvalue weighted by Gasteiger charge is -2.38. The first-order valence-corrected chi connectivity index (χ1v) is 12.7. The fourth-order valence-electron chi connectivity index (χ4n) is 4.08. The van der Waals surface area contributed by atoms with Gasteiger partial charge in [0.05, 0.1) is 12.7 Å². The van der Waals surface area contributed by atoms with Crippen LogP contribution in [0.5, 0.6) is 5.75 Å². The number of methoxy groups -OCH3 is 1. The number of amides is 1. The molecule has 2 heterocycles. The van der Waals surface area contributed by atoms with Crippen LogP contribution in [0, 0.1) is 0 Å². The van der Waals surface area contributed by atoms with Crippen molar-refractivity contribution in [2.24, 2.45) is 12.8 Å². The van der Waals surface area contributed by atoms with Crippen molar-refractivity contribution in [3.8, 4) is 16.9 Å². The molecule has 1 aromatic heterocycles. The fraction of sp³-hybridized carbons (Fsp3) is 0.478. The van der Waals surface area contributed by atoms with Crippen LogP contribution in [0.4, 0.5) is 0 Å². The number of carbonyl (C=O) groups excluding carboxylic acids is 1. The Morgan fingerprint density at radius 1 is 1.12 bits per heavy atom. The van der Waals surface area contributed by atoms with Crippen molar-refractivity contribution in [1.82, 2.24) is 19.1 Å². The van der Waals surface area contributed by atoms with E-state index in [1.54, 1.807) is 36.3 Å². The Labute approximate surface area is 200 Å². The van der Waals surface area contributed by atoms with Gasteiger partial charge in [-0.3, -0.25) is 14.5 Å². The van der Waals surface area contributed by atoms with Crippen LogP contribution < -0.4 is 20.8 Å². The topological polar surface area (TPSA) is 127 Å². The van der Waals surface area contributed by atoms with Crippen LogP contribution in [-0.4, -0.2) is 80.6 Å². The third-order valence-electron chi connectivity index (χ3n) is 6.07. The van der Waals surface area contributed by atoms with Gasteiger partial charge in [0.2, 0.25) is 15.9 Å². The Kier molecular flexibility index (Phi) is 8.13. The lowest BCUT2D eigenvalue weighted by molar-refractivity contribution is -0.134. The molecule has 10 nitrogen and oxygen atoms in total. The van der Waals surface area contributed by atoms with Gasteiger partial charge in [0, 0.05) is 57.6 Å². The number of pyridine rings is 1. The summed E-state index contributed by atoms with van der Waals surface area (Å²) in [5, 5.41) is 0. The van der Waals surface area contributed by atoms with Gasteiger partial charge >= 0.3 is 0 Å². The molecule has 1 amide bonds. The van der Waals surface area contributed by atoms with Crippen LogP contribution in [0.3, 0.4) is 0 Å². The molecule has 0 bridgehead atoms. The zero-order chi connectivity index (χ0) is 25.0. The summed E-state index contributed by atoms with van der Waals surface area (Å²) in [7, 11) is -1.25. The van der Waals surface area contributed by atoms with Gasteiger partial charge in [-0.25, -0.2) is 8.42 Å². The number of hydrogen-bond donors (Lipinski definition) is 2. The van der Waals surface area contributed by atoms with Crippen LogP contribution in [0.15, 0.2) is 46.2 Å². The second-order valence-electron chi connectivity index (χ2n) is 8.54. The van der Waals surface area contributed by atoms with E-state index in [0.29, 0.717) is 30.3 Å². The third-order valence-corrected chi connectivity index (χ3v) is 7.57. The molecule has 3 rings (SSSR count). The smallest absolute Gasteiger partial charge is 0.258 e. The van der Waals surface area contributed by atoms with E-state index in [1.165, 1.54) is 23.8 Å². The van der Waals surface area contributed by atoms with E-state index in [-0.39, 0.29) is 28.7 Å². The summed E-state index contributed by atoms with van der Waals surface area (Å²) in [6.07, 6.45) is 1.61. The van der Waals surface area contributed by atoms with E-state index in [1.807, 2.05) is 0 Å². The van der Waals surface area contributed by atoms with Gasteiger partial charge in [-0.2, -0.15) is 4.72 Å². The fourth-order valence-corrected chi connectivity index (χ4v) is 5.48. The van der Waals surface area contributed by atoms with Crippen LogP contribution in [0.1, 0.15) is 13.8 Å². The number of nitrogens with one attached hydrogen (secondary N) is 1. The van der Waals surface area contributed by atoms with Crippen molar-refractivity contribution in [2.45, 2.75) is 30.8 Å². The third kappa shape index (κ3) is 5.33. The molecule has 1 aliphatic rings. The number of ether oxygens (including phenoxy) is 1. The highest BCUT2D eigenvalue weighted by Crippen LogP contribution is 2.34. The number of aromatic nitrogens is 1. The number of aryl methyl sites for hydroxylation is 1. The van der Waals surface area contributed by atoms with Gasteiger partial charge in [0.15, 0.2) is 0 Å². The number of carbonyl (C=O) groups is 1. The Hall–Kier alpha value is -2.73. The van der Waals surface area contributed by atoms with Gasteiger partial charge in [0.1, 0.15) is 16.7 Å². The van der Waals surface area contributed by atoms with Gasteiger partial charge in [-0.05, 0) is 32.0 Å². The second-order valence-corrected chi connectivity index (χ2v) is 10.2. The average Bonchev–Trinajstić information content (AvgIpc) is 2.83. The molecule has 0 aliphatic carbocycles. The van der Waals surface area contributed by atoms with Crippen molar-refractivity contribution >= 4 is 15.9 Å². The molecule has 1 fully saturated rings. The Morgan fingerprint density at radius 3 is 2.35 bits per heavy atom. The van der Waals surface area contributed by atoms with E-state index in [4.69, 9.17) is 10.5 Å². The predicted molar refractivity (Wildman–Crippen MR) is 130 cm³/mol. The molecule has 0 unspecified atom stereocenters. The zero-order valence-electron chi connectivity index (χ0n) is 20.0. The quantitative estimate of drug-likeness (QED) is 0.541. The lowest BCUT2D eigenvalue weighted by atomic mass is 10.1. The summed E-state index contributed by atoms with van der Waals surface area (Å²) >= 11 is 0. The van der Waals surface area contributed by atoms with Crippen molar-refractivity contribution < 1.29 is 17.9 Å². The maximum Gasteiger partial charge on any atom is 0.258 e. The van der Waals surface area contributed by atoms with Crippen LogP contribution in [0.2, 0.25) is 0 Å². The van der Waals surface area contributed by atoms with Crippen molar-refractivity contribution in [1.29, 1.82) is 0 Å². The van der Waals surface area contributed by atoms with Crippen molar-refractivity contribution in [2.75, 3.05) is 39.8 Å². The first kappa shape index (κ1) is 25.9. The number of rotatable bonds is 8. The van der Waals surface area contributed by atoms with Gasteiger partial charge in [-0.15, -0.1) is 0 Å². The highest BCUT2D eigenvalue weighted by atomic mass is 32.2. The number of hydrogen-bond acceptors (Lipinski definition) is 7. The highest BCUT2D eigenvalue weighted by molar-refractivity contribution is 7.89. The first-order chi connectivity index (χ1) is 16.1. The van der Waals surface area contributed by atoms with Gasteiger partial charge in [-0.1, -0.05) is 12.1 Å². The Balaban J connectivity index is 1.89. The second kappa shape index (κ2) is 10.7. The first-order valence-electron chi connectivity index (χ1n) is 11.2. The summed E-state index contributed by atoms with van der Waals surface area (Å²) in [5.74, 6) is -0.339. The molecule has 0 saturated carbocycles. The minimum Gasteiger partial charge on any atom is -0.495 e. The van der Waals surface area contributed by atoms with E-state index < -0.39 is 16.1 Å². The molecule has 186 valence electrons. The van der Waals surface area contributed by atoms with E-state index in [2.05, 4.69) is 23.5 Å². The molecule has 0 radical (unpaired) electrons.